The second-order valence-electron chi connectivity index (χ2n) is 8.72. The molecule has 0 radical (unpaired) electrons. The summed E-state index contributed by atoms with van der Waals surface area (Å²) in [6, 6.07) is 5.68. The Morgan fingerprint density at radius 1 is 1.14 bits per heavy atom. The van der Waals surface area contributed by atoms with Gasteiger partial charge in [0.25, 0.3) is 0 Å². The van der Waals surface area contributed by atoms with Gasteiger partial charge in [0.1, 0.15) is 5.82 Å². The summed E-state index contributed by atoms with van der Waals surface area (Å²) >= 11 is 0. The molecule has 9 nitrogen and oxygen atoms in total. The summed E-state index contributed by atoms with van der Waals surface area (Å²) in [5, 5.41) is 20.6. The third-order valence-corrected chi connectivity index (χ3v) is 6.61. The lowest BCUT2D eigenvalue weighted by atomic mass is 9.93. The van der Waals surface area contributed by atoms with Gasteiger partial charge >= 0.3 is 5.97 Å². The van der Waals surface area contributed by atoms with Crippen molar-refractivity contribution in [1.29, 1.82) is 0 Å². The number of aliphatic hydroxyl groups excluding tert-OH is 2. The molecule has 0 bridgehead atoms. The lowest BCUT2D eigenvalue weighted by molar-refractivity contribution is -0.145. The molecule has 0 saturated heterocycles. The first-order valence-corrected chi connectivity index (χ1v) is 13.3. The topological polar surface area (TPSA) is 130 Å². The smallest absolute Gasteiger partial charge is 0.308 e. The predicted octanol–water partition coefficient (Wildman–Crippen LogP) is 2.80. The summed E-state index contributed by atoms with van der Waals surface area (Å²) in [5.41, 5.74) is 2.31. The number of benzene rings is 1. The van der Waals surface area contributed by atoms with Gasteiger partial charge in [-0.15, -0.1) is 0 Å². The third-order valence-electron chi connectivity index (χ3n) is 5.45. The van der Waals surface area contributed by atoms with Gasteiger partial charge in [0.2, 0.25) is 16.0 Å². The van der Waals surface area contributed by atoms with Crippen LogP contribution < -0.4 is 4.31 Å². The van der Waals surface area contributed by atoms with Crippen molar-refractivity contribution in [3.05, 3.63) is 41.3 Å². The molecule has 194 valence electrons. The lowest BCUT2D eigenvalue weighted by Crippen LogP contribution is -2.28. The number of rotatable bonds is 12. The fraction of sp³-hybridized carbons (Fsp3) is 0.542. The molecule has 0 aliphatic heterocycles. The van der Waals surface area contributed by atoms with Gasteiger partial charge in [-0.1, -0.05) is 13.8 Å². The zero-order chi connectivity index (χ0) is 26.3. The molecule has 0 spiro atoms. The number of hydrogen-bond donors (Lipinski definition) is 2. The zero-order valence-corrected chi connectivity index (χ0v) is 21.5. The molecule has 2 atom stereocenters. The third kappa shape index (κ3) is 8.22. The van der Waals surface area contributed by atoms with Gasteiger partial charge in [-0.25, -0.2) is 27.1 Å². The van der Waals surface area contributed by atoms with E-state index >= 15 is 0 Å². The van der Waals surface area contributed by atoms with Crippen LogP contribution in [0.25, 0.3) is 11.3 Å². The van der Waals surface area contributed by atoms with Gasteiger partial charge in [-0.05, 0) is 56.4 Å². The number of carbonyl (C=O) groups excluding carboxylic acids is 1. The second kappa shape index (κ2) is 12.4. The van der Waals surface area contributed by atoms with Gasteiger partial charge in [-0.2, -0.15) is 0 Å². The van der Waals surface area contributed by atoms with E-state index in [1.165, 1.54) is 19.2 Å². The van der Waals surface area contributed by atoms with Crippen LogP contribution in [0.2, 0.25) is 0 Å². The summed E-state index contributed by atoms with van der Waals surface area (Å²) in [6.07, 6.45) is -0.592. The van der Waals surface area contributed by atoms with E-state index in [1.54, 1.807) is 19.1 Å². The number of esters is 1. The number of nitrogens with zero attached hydrogens (tertiary/aromatic N) is 3. The largest absolute Gasteiger partial charge is 0.466 e. The maximum Gasteiger partial charge on any atom is 0.308 e. The highest BCUT2D eigenvalue weighted by atomic mass is 32.2. The van der Waals surface area contributed by atoms with Gasteiger partial charge < -0.3 is 14.9 Å². The van der Waals surface area contributed by atoms with Crippen molar-refractivity contribution in [2.75, 3.05) is 24.2 Å². The average Bonchev–Trinajstić information content (AvgIpc) is 2.76. The first-order valence-electron chi connectivity index (χ1n) is 11.5. The van der Waals surface area contributed by atoms with Crippen LogP contribution in [0.1, 0.15) is 57.2 Å². The number of hydrogen-bond acceptors (Lipinski definition) is 8. The molecule has 2 N–H and O–H groups in total. The van der Waals surface area contributed by atoms with Crippen molar-refractivity contribution in [3.8, 4) is 11.3 Å². The van der Waals surface area contributed by atoms with Gasteiger partial charge in [0.05, 0.1) is 42.9 Å². The number of anilines is 1. The molecule has 2 rings (SSSR count). The molecule has 1 aromatic carbocycles. The van der Waals surface area contributed by atoms with Gasteiger partial charge in [0.15, 0.2) is 0 Å². The van der Waals surface area contributed by atoms with Gasteiger partial charge in [0, 0.05) is 18.2 Å². The second-order valence-corrected chi connectivity index (χ2v) is 10.7. The van der Waals surface area contributed by atoms with E-state index in [0.717, 1.165) is 10.6 Å². The van der Waals surface area contributed by atoms with E-state index in [2.05, 4.69) is 9.97 Å². The van der Waals surface area contributed by atoms with Crippen molar-refractivity contribution in [3.63, 3.8) is 0 Å². The summed E-state index contributed by atoms with van der Waals surface area (Å²) in [6.45, 7) is 5.70. The number of carbonyl (C=O) groups is 1. The minimum absolute atomic E-state index is 0.00955. The highest BCUT2D eigenvalue weighted by Gasteiger charge is 2.24. The van der Waals surface area contributed by atoms with Crippen LogP contribution >= 0.6 is 0 Å². The fourth-order valence-electron chi connectivity index (χ4n) is 3.59. The molecule has 0 fully saturated rings. The minimum atomic E-state index is -3.63. The Bertz CT molecular complexity index is 1110. The summed E-state index contributed by atoms with van der Waals surface area (Å²) < 4.78 is 43.6. The summed E-state index contributed by atoms with van der Waals surface area (Å²) in [4.78, 5) is 20.6. The molecular formula is C24H34FN3O6S. The molecular weight excluding hydrogens is 477 g/mol. The molecule has 35 heavy (non-hydrogen) atoms. The van der Waals surface area contributed by atoms with Crippen molar-refractivity contribution in [1.82, 2.24) is 9.97 Å². The molecule has 0 aliphatic carbocycles. The Labute approximate surface area is 206 Å². The van der Waals surface area contributed by atoms with E-state index in [9.17, 15) is 27.8 Å². The van der Waals surface area contributed by atoms with Gasteiger partial charge in [-0.3, -0.25) is 4.79 Å². The number of aromatic nitrogens is 2. The summed E-state index contributed by atoms with van der Waals surface area (Å²) in [7, 11) is -2.27. The van der Waals surface area contributed by atoms with Crippen molar-refractivity contribution >= 4 is 21.9 Å². The van der Waals surface area contributed by atoms with Crippen LogP contribution in [0, 0.1) is 5.82 Å². The fourth-order valence-corrected chi connectivity index (χ4v) is 3.97. The molecule has 0 amide bonds. The standard InChI is InChI=1S/C24H34FN3O6S/c1-6-34-21(31)14-19(30)13-18(29)11-12-20-22(15(2)3)26-24(28(4)35(5,32)33)27-23(20)16-7-9-17(25)10-8-16/h7-10,15,18-19,29-30H,6,11-14H2,1-5H3. The monoisotopic (exact) mass is 511 g/mol. The quantitative estimate of drug-likeness (QED) is 0.416. The molecule has 1 heterocycles. The molecule has 2 aromatic rings. The lowest BCUT2D eigenvalue weighted by Gasteiger charge is -2.22. The first kappa shape index (κ1) is 28.6. The first-order chi connectivity index (χ1) is 16.3. The minimum Gasteiger partial charge on any atom is -0.466 e. The van der Waals surface area contributed by atoms with Crippen LogP contribution in [0.5, 0.6) is 0 Å². The van der Waals surface area contributed by atoms with E-state index in [4.69, 9.17) is 4.74 Å². The predicted molar refractivity (Wildman–Crippen MR) is 131 cm³/mol. The van der Waals surface area contributed by atoms with Crippen molar-refractivity contribution < 1.29 is 32.6 Å². The van der Waals surface area contributed by atoms with Crippen molar-refractivity contribution in [2.24, 2.45) is 0 Å². The number of halogens is 1. The normalized spacial score (nSPS) is 13.5. The molecule has 0 aliphatic rings. The average molecular weight is 512 g/mol. The van der Waals surface area contributed by atoms with Crippen LogP contribution in [0.15, 0.2) is 24.3 Å². The maximum absolute atomic E-state index is 13.6. The van der Waals surface area contributed by atoms with E-state index < -0.39 is 34.0 Å². The van der Waals surface area contributed by atoms with Crippen LogP contribution in [0.3, 0.4) is 0 Å². The van der Waals surface area contributed by atoms with Crippen LogP contribution in [-0.4, -0.2) is 66.7 Å². The summed E-state index contributed by atoms with van der Waals surface area (Å²) in [5.74, 6) is -1.07. The molecule has 0 saturated carbocycles. The van der Waals surface area contributed by atoms with E-state index in [0.29, 0.717) is 28.9 Å². The zero-order valence-electron chi connectivity index (χ0n) is 20.7. The SMILES string of the molecule is CCOC(=O)CC(O)CC(O)CCc1c(-c2ccc(F)cc2)nc(N(C)S(C)(=O)=O)nc1C(C)C. The molecule has 1 aromatic heterocycles. The Morgan fingerprint density at radius 2 is 1.77 bits per heavy atom. The van der Waals surface area contributed by atoms with Crippen LogP contribution in [-0.2, 0) is 26.0 Å². The Balaban J connectivity index is 2.41. The van der Waals surface area contributed by atoms with Crippen molar-refractivity contribution in [2.45, 2.75) is 64.6 Å². The number of sulfonamides is 1. The molecule has 2 unspecified atom stereocenters. The Hall–Kier alpha value is -2.63. The van der Waals surface area contributed by atoms with Crippen LogP contribution in [0.4, 0.5) is 10.3 Å². The number of aliphatic hydroxyl groups is 2. The Morgan fingerprint density at radius 3 is 2.31 bits per heavy atom. The maximum atomic E-state index is 13.6. The Kier molecular flexibility index (Phi) is 10.1. The highest BCUT2D eigenvalue weighted by Crippen LogP contribution is 2.32. The van der Waals surface area contributed by atoms with E-state index in [1.807, 2.05) is 13.8 Å². The number of ether oxygens (including phenoxy) is 1. The van der Waals surface area contributed by atoms with E-state index in [-0.39, 0.29) is 37.7 Å². The molecule has 11 heteroatoms. The highest BCUT2D eigenvalue weighted by molar-refractivity contribution is 7.92.